The lowest BCUT2D eigenvalue weighted by atomic mass is 10.1. The van der Waals surface area contributed by atoms with Gasteiger partial charge in [-0.05, 0) is 42.5 Å². The molecule has 8 heteroatoms. The van der Waals surface area contributed by atoms with Crippen molar-refractivity contribution in [3.05, 3.63) is 57.5 Å². The summed E-state index contributed by atoms with van der Waals surface area (Å²) >= 11 is 1.78. The van der Waals surface area contributed by atoms with Gasteiger partial charge in [-0.3, -0.25) is 4.90 Å². The van der Waals surface area contributed by atoms with Crippen LogP contribution < -0.4 is 10.6 Å². The van der Waals surface area contributed by atoms with Crippen molar-refractivity contribution in [2.45, 2.75) is 26.4 Å². The van der Waals surface area contributed by atoms with Crippen LogP contribution in [-0.2, 0) is 11.3 Å². The number of rotatable bonds is 7. The molecule has 1 saturated heterocycles. The SMILES string of the molecule is CCNC(=NCc1ccc(C)c(F)c1)NCC(c1cccs1)N1CCOCC1.I. The molecule has 0 spiro atoms. The third-order valence-electron chi connectivity index (χ3n) is 4.82. The Bertz CT molecular complexity index is 766. The Morgan fingerprint density at radius 3 is 2.72 bits per heavy atom. The van der Waals surface area contributed by atoms with E-state index in [1.807, 2.05) is 13.0 Å². The molecule has 0 saturated carbocycles. The van der Waals surface area contributed by atoms with Crippen LogP contribution in [0.5, 0.6) is 0 Å². The van der Waals surface area contributed by atoms with Gasteiger partial charge in [-0.2, -0.15) is 0 Å². The van der Waals surface area contributed by atoms with Crippen molar-refractivity contribution in [3.63, 3.8) is 0 Å². The summed E-state index contributed by atoms with van der Waals surface area (Å²) < 4.78 is 19.3. The highest BCUT2D eigenvalue weighted by molar-refractivity contribution is 14.0. The summed E-state index contributed by atoms with van der Waals surface area (Å²) in [5.41, 5.74) is 1.52. The summed E-state index contributed by atoms with van der Waals surface area (Å²) in [6.45, 7) is 9.19. The lowest BCUT2D eigenvalue weighted by Gasteiger charge is -2.34. The maximum Gasteiger partial charge on any atom is 0.191 e. The first-order valence-electron chi connectivity index (χ1n) is 9.79. The van der Waals surface area contributed by atoms with Crippen molar-refractivity contribution >= 4 is 41.3 Å². The zero-order valence-electron chi connectivity index (χ0n) is 17.0. The second kappa shape index (κ2) is 12.5. The number of thiophene rings is 1. The van der Waals surface area contributed by atoms with Gasteiger partial charge in [0.2, 0.25) is 0 Å². The highest BCUT2D eigenvalue weighted by Gasteiger charge is 2.23. The first kappa shape index (κ1) is 24.0. The van der Waals surface area contributed by atoms with Crippen LogP contribution in [0.3, 0.4) is 0 Å². The van der Waals surface area contributed by atoms with E-state index in [1.54, 1.807) is 30.4 Å². The van der Waals surface area contributed by atoms with Crippen LogP contribution in [0.2, 0.25) is 0 Å². The average molecular weight is 532 g/mol. The summed E-state index contributed by atoms with van der Waals surface area (Å²) in [6.07, 6.45) is 0. The van der Waals surface area contributed by atoms with Gasteiger partial charge in [-0.1, -0.05) is 18.2 Å². The van der Waals surface area contributed by atoms with Crippen molar-refractivity contribution in [1.29, 1.82) is 0 Å². The Morgan fingerprint density at radius 1 is 1.28 bits per heavy atom. The second-order valence-corrected chi connectivity index (χ2v) is 7.82. The average Bonchev–Trinajstić information content (AvgIpc) is 3.24. The molecule has 0 amide bonds. The van der Waals surface area contributed by atoms with Gasteiger partial charge in [0.15, 0.2) is 5.96 Å². The summed E-state index contributed by atoms with van der Waals surface area (Å²) in [7, 11) is 0. The number of guanidine groups is 1. The van der Waals surface area contributed by atoms with Gasteiger partial charge in [0.05, 0.1) is 25.8 Å². The lowest BCUT2D eigenvalue weighted by Crippen LogP contribution is -2.46. The van der Waals surface area contributed by atoms with E-state index in [-0.39, 0.29) is 35.8 Å². The van der Waals surface area contributed by atoms with Crippen molar-refractivity contribution in [1.82, 2.24) is 15.5 Å². The number of hydrogen-bond donors (Lipinski definition) is 2. The fourth-order valence-corrected chi connectivity index (χ4v) is 4.08. The smallest absolute Gasteiger partial charge is 0.191 e. The number of halogens is 2. The third kappa shape index (κ3) is 7.20. The van der Waals surface area contributed by atoms with E-state index in [0.29, 0.717) is 12.1 Å². The third-order valence-corrected chi connectivity index (χ3v) is 5.79. The number of nitrogens with zero attached hydrogens (tertiary/aromatic N) is 2. The fraction of sp³-hybridized carbons (Fsp3) is 0.476. The molecule has 0 radical (unpaired) electrons. The molecule has 160 valence electrons. The minimum Gasteiger partial charge on any atom is -0.379 e. The predicted octanol–water partition coefficient (Wildman–Crippen LogP) is 3.94. The molecule has 0 aliphatic carbocycles. The Kier molecular flexibility index (Phi) is 10.3. The summed E-state index contributed by atoms with van der Waals surface area (Å²) in [6, 6.07) is 9.85. The first-order chi connectivity index (χ1) is 13.7. The van der Waals surface area contributed by atoms with Gasteiger partial charge in [0.25, 0.3) is 0 Å². The number of hydrogen-bond acceptors (Lipinski definition) is 4. The Balaban J connectivity index is 0.00000300. The van der Waals surface area contributed by atoms with Crippen LogP contribution in [-0.4, -0.2) is 50.3 Å². The van der Waals surface area contributed by atoms with E-state index in [1.165, 1.54) is 4.88 Å². The zero-order valence-corrected chi connectivity index (χ0v) is 20.1. The van der Waals surface area contributed by atoms with Crippen LogP contribution in [0.1, 0.15) is 29.0 Å². The quantitative estimate of drug-likeness (QED) is 0.322. The van der Waals surface area contributed by atoms with Crippen LogP contribution in [0.25, 0.3) is 0 Å². The number of benzene rings is 1. The predicted molar refractivity (Wildman–Crippen MR) is 129 cm³/mol. The van der Waals surface area contributed by atoms with Gasteiger partial charge in [-0.15, -0.1) is 35.3 Å². The molecule has 1 aromatic carbocycles. The maximum atomic E-state index is 13.8. The molecule has 3 rings (SSSR count). The Hall–Kier alpha value is -1.23. The highest BCUT2D eigenvalue weighted by atomic mass is 127. The van der Waals surface area contributed by atoms with E-state index in [9.17, 15) is 4.39 Å². The molecule has 1 aliphatic heterocycles. The van der Waals surface area contributed by atoms with Gasteiger partial charge in [0.1, 0.15) is 5.82 Å². The number of morpholine rings is 1. The summed E-state index contributed by atoms with van der Waals surface area (Å²) in [5.74, 6) is 0.564. The first-order valence-corrected chi connectivity index (χ1v) is 10.7. The summed E-state index contributed by atoms with van der Waals surface area (Å²) in [5, 5.41) is 8.88. The molecule has 1 aliphatic rings. The standard InChI is InChI=1S/C21H29FN4OS.HI/c1-3-23-21(24-14-17-7-6-16(2)18(22)13-17)25-15-19(20-5-4-12-28-20)26-8-10-27-11-9-26;/h4-7,12-13,19H,3,8-11,14-15H2,1-2H3,(H2,23,24,25);1H. The zero-order chi connectivity index (χ0) is 19.8. The maximum absolute atomic E-state index is 13.8. The van der Waals surface area contributed by atoms with Crippen LogP contribution in [0, 0.1) is 12.7 Å². The summed E-state index contributed by atoms with van der Waals surface area (Å²) in [4.78, 5) is 8.44. The monoisotopic (exact) mass is 532 g/mol. The van der Waals surface area contributed by atoms with E-state index in [0.717, 1.165) is 50.9 Å². The molecule has 5 nitrogen and oxygen atoms in total. The van der Waals surface area contributed by atoms with Crippen molar-refractivity contribution in [2.75, 3.05) is 39.4 Å². The molecule has 1 atom stereocenters. The van der Waals surface area contributed by atoms with Crippen molar-refractivity contribution < 1.29 is 9.13 Å². The minimum atomic E-state index is -0.185. The molecule has 2 N–H and O–H groups in total. The van der Waals surface area contributed by atoms with Crippen LogP contribution in [0.4, 0.5) is 4.39 Å². The molecule has 29 heavy (non-hydrogen) atoms. The minimum absolute atomic E-state index is 0. The van der Waals surface area contributed by atoms with E-state index < -0.39 is 0 Å². The van der Waals surface area contributed by atoms with Crippen LogP contribution in [0.15, 0.2) is 40.7 Å². The molecule has 0 bridgehead atoms. The molecular formula is C21H30FIN4OS. The molecule has 2 heterocycles. The van der Waals surface area contributed by atoms with E-state index >= 15 is 0 Å². The van der Waals surface area contributed by atoms with Gasteiger partial charge < -0.3 is 15.4 Å². The van der Waals surface area contributed by atoms with Crippen LogP contribution >= 0.6 is 35.3 Å². The molecule has 1 aromatic heterocycles. The number of nitrogens with one attached hydrogen (secondary N) is 2. The lowest BCUT2D eigenvalue weighted by molar-refractivity contribution is 0.0177. The van der Waals surface area contributed by atoms with Crippen molar-refractivity contribution in [3.8, 4) is 0 Å². The molecular weight excluding hydrogens is 502 g/mol. The van der Waals surface area contributed by atoms with Gasteiger partial charge >= 0.3 is 0 Å². The fourth-order valence-electron chi connectivity index (χ4n) is 3.22. The Morgan fingerprint density at radius 2 is 2.07 bits per heavy atom. The molecule has 1 fully saturated rings. The normalized spacial score (nSPS) is 16.2. The van der Waals surface area contributed by atoms with Crippen molar-refractivity contribution in [2.24, 2.45) is 4.99 Å². The number of ether oxygens (including phenoxy) is 1. The van der Waals surface area contributed by atoms with E-state index in [2.05, 4.69) is 38.0 Å². The highest BCUT2D eigenvalue weighted by Crippen LogP contribution is 2.25. The van der Waals surface area contributed by atoms with E-state index in [4.69, 9.17) is 4.74 Å². The second-order valence-electron chi connectivity index (χ2n) is 6.84. The molecule has 1 unspecified atom stereocenters. The van der Waals surface area contributed by atoms with Gasteiger partial charge in [-0.25, -0.2) is 9.38 Å². The molecule has 2 aromatic rings. The largest absolute Gasteiger partial charge is 0.379 e. The number of aryl methyl sites for hydroxylation is 1. The van der Waals surface area contributed by atoms with Gasteiger partial charge in [0, 0.05) is 31.1 Å². The number of aliphatic imine (C=N–C) groups is 1. The topological polar surface area (TPSA) is 48.9 Å². The Labute approximate surface area is 193 Å².